The number of rotatable bonds is 12. The van der Waals surface area contributed by atoms with Crippen LogP contribution in [0.2, 0.25) is 5.02 Å². The van der Waals surface area contributed by atoms with Gasteiger partial charge >= 0.3 is 5.97 Å². The highest BCUT2D eigenvalue weighted by Gasteiger charge is 2.23. The van der Waals surface area contributed by atoms with Crippen LogP contribution in [0, 0.1) is 0 Å². The number of amides is 2. The topological polar surface area (TPSA) is 118 Å². The zero-order valence-corrected chi connectivity index (χ0v) is 21.9. The minimum atomic E-state index is -1.54. The summed E-state index contributed by atoms with van der Waals surface area (Å²) in [7, 11) is 0. The summed E-state index contributed by atoms with van der Waals surface area (Å²) in [5.74, 6) is -3.38. The van der Waals surface area contributed by atoms with Gasteiger partial charge in [0.2, 0.25) is 11.7 Å². The third kappa shape index (κ3) is 8.57. The Balaban J connectivity index is 1.50. The maximum absolute atomic E-state index is 13.0. The van der Waals surface area contributed by atoms with Crippen molar-refractivity contribution in [3.8, 4) is 0 Å². The molecule has 1 aliphatic rings. The Kier molecular flexibility index (Phi) is 10.9. The van der Waals surface area contributed by atoms with Crippen LogP contribution in [-0.2, 0) is 20.8 Å². The van der Waals surface area contributed by atoms with E-state index < -0.39 is 11.8 Å². The molecule has 0 atom stereocenters. The number of carboxylic acids is 1. The van der Waals surface area contributed by atoms with Gasteiger partial charge in [0.15, 0.2) is 0 Å². The van der Waals surface area contributed by atoms with Crippen molar-refractivity contribution in [2.45, 2.75) is 6.42 Å². The fourth-order valence-electron chi connectivity index (χ4n) is 3.95. The molecule has 0 radical (unpaired) electrons. The van der Waals surface area contributed by atoms with E-state index in [0.717, 1.165) is 42.8 Å². The fourth-order valence-corrected chi connectivity index (χ4v) is 4.82. The first-order valence-electron chi connectivity index (χ1n) is 11.9. The number of piperazine rings is 1. The lowest BCUT2D eigenvalue weighted by molar-refractivity contribution is -0.147. The highest BCUT2D eigenvalue weighted by Crippen LogP contribution is 2.19. The predicted octanol–water partition coefficient (Wildman–Crippen LogP) is 2.05. The smallest absolute Gasteiger partial charge is 0.373 e. The van der Waals surface area contributed by atoms with E-state index in [1.807, 2.05) is 29.2 Å². The Hall–Kier alpha value is -2.92. The molecule has 198 valence electrons. The van der Waals surface area contributed by atoms with Crippen LogP contribution in [0.3, 0.4) is 0 Å². The number of aliphatic carboxylic acids is 1. The zero-order chi connectivity index (χ0) is 26.8. The average molecular weight is 548 g/mol. The molecule has 0 aliphatic carbocycles. The van der Waals surface area contributed by atoms with Crippen molar-refractivity contribution in [2.75, 3.05) is 62.3 Å². The van der Waals surface area contributed by atoms with Crippen LogP contribution in [0.4, 0.5) is 5.69 Å². The molecule has 0 bridgehead atoms. The summed E-state index contributed by atoms with van der Waals surface area (Å²) in [6.07, 6.45) is 0.921. The number of carbonyl (C=O) groups is 4. The van der Waals surface area contributed by atoms with Crippen LogP contribution in [0.5, 0.6) is 0 Å². The molecule has 2 N–H and O–H groups in total. The van der Waals surface area contributed by atoms with Crippen molar-refractivity contribution in [1.29, 1.82) is 0 Å². The number of carboxylic acid groups (broad SMARTS) is 1. The van der Waals surface area contributed by atoms with E-state index in [4.69, 9.17) is 16.7 Å². The molecular weight excluding hydrogens is 518 g/mol. The molecule has 0 unspecified atom stereocenters. The van der Waals surface area contributed by atoms with Gasteiger partial charge in [-0.1, -0.05) is 23.7 Å². The van der Waals surface area contributed by atoms with Crippen molar-refractivity contribution in [3.63, 3.8) is 0 Å². The molecule has 37 heavy (non-hydrogen) atoms. The van der Waals surface area contributed by atoms with Crippen LogP contribution in [0.15, 0.2) is 48.5 Å². The molecular formula is C26H30ClN3O6S. The lowest BCUT2D eigenvalue weighted by Crippen LogP contribution is -2.49. The molecule has 3 rings (SSSR count). The molecule has 2 amide bonds. The van der Waals surface area contributed by atoms with E-state index in [9.17, 15) is 24.3 Å². The van der Waals surface area contributed by atoms with Gasteiger partial charge in [-0.15, -0.1) is 11.8 Å². The Morgan fingerprint density at radius 2 is 1.57 bits per heavy atom. The average Bonchev–Trinajstić information content (AvgIpc) is 2.91. The number of halogens is 1. The van der Waals surface area contributed by atoms with Gasteiger partial charge in [-0.25, -0.2) is 4.79 Å². The third-order valence-electron chi connectivity index (χ3n) is 6.04. The Morgan fingerprint density at radius 1 is 0.919 bits per heavy atom. The first kappa shape index (κ1) is 28.6. The van der Waals surface area contributed by atoms with Gasteiger partial charge in [0, 0.05) is 55.5 Å². The first-order chi connectivity index (χ1) is 17.8. The molecule has 9 nitrogen and oxygen atoms in total. The third-order valence-corrected chi connectivity index (χ3v) is 7.21. The monoisotopic (exact) mass is 547 g/mol. The normalized spacial score (nSPS) is 13.8. The number of aliphatic hydroxyl groups is 1. The number of thioether (sulfide) groups is 1. The molecule has 11 heteroatoms. The number of nitrogens with zero attached hydrogens (tertiary/aromatic N) is 3. The molecule has 0 saturated carbocycles. The number of hydrogen-bond donors (Lipinski definition) is 2. The van der Waals surface area contributed by atoms with Crippen LogP contribution in [-0.4, -0.2) is 101 Å². The summed E-state index contributed by atoms with van der Waals surface area (Å²) in [4.78, 5) is 52.9. The summed E-state index contributed by atoms with van der Waals surface area (Å²) in [6, 6.07) is 14.4. The van der Waals surface area contributed by atoms with E-state index in [1.165, 1.54) is 10.5 Å². The highest BCUT2D eigenvalue weighted by atomic mass is 35.5. The zero-order valence-electron chi connectivity index (χ0n) is 20.3. The first-order valence-corrected chi connectivity index (χ1v) is 13.4. The number of benzene rings is 2. The van der Waals surface area contributed by atoms with E-state index in [2.05, 4.69) is 4.90 Å². The Bertz CT molecular complexity index is 1090. The predicted molar refractivity (Wildman–Crippen MR) is 143 cm³/mol. The largest absolute Gasteiger partial charge is 0.475 e. The SMILES string of the molecule is O=C(O)C(=O)CSCC(=O)N(CCO)c1ccc(C(=O)N2CCN(CCc3ccc(Cl)cc3)CC2)cc1. The standard InChI is InChI=1S/C26H30ClN3O6S/c27-21-5-1-19(2-6-21)9-10-28-11-13-29(14-12-28)25(34)20-3-7-22(8-4-20)30(15-16-31)24(33)18-37-17-23(32)26(35)36/h1-8,31H,9-18H2,(H,35,36). The number of hydrogen-bond acceptors (Lipinski definition) is 7. The van der Waals surface area contributed by atoms with Gasteiger partial charge in [0.25, 0.3) is 5.91 Å². The summed E-state index contributed by atoms with van der Waals surface area (Å²) < 4.78 is 0. The molecule has 1 heterocycles. The van der Waals surface area contributed by atoms with E-state index >= 15 is 0 Å². The van der Waals surface area contributed by atoms with Gasteiger partial charge in [0.05, 0.1) is 18.1 Å². The molecule has 1 fully saturated rings. The molecule has 1 saturated heterocycles. The van der Waals surface area contributed by atoms with Gasteiger partial charge in [-0.05, 0) is 48.4 Å². The molecule has 2 aromatic rings. The van der Waals surface area contributed by atoms with Gasteiger partial charge < -0.3 is 20.0 Å². The van der Waals surface area contributed by atoms with Gasteiger partial charge in [-0.3, -0.25) is 19.3 Å². The molecule has 0 aromatic heterocycles. The summed E-state index contributed by atoms with van der Waals surface area (Å²) in [5.41, 5.74) is 2.24. The number of Topliss-reactive ketones (excluding diaryl/α,β-unsaturated/α-hetero) is 1. The summed E-state index contributed by atoms with van der Waals surface area (Å²) >= 11 is 6.85. The molecule has 1 aliphatic heterocycles. The number of carbonyl (C=O) groups excluding carboxylic acids is 3. The highest BCUT2D eigenvalue weighted by molar-refractivity contribution is 8.00. The Labute approximate surface area is 225 Å². The van der Waals surface area contributed by atoms with Crippen molar-refractivity contribution >= 4 is 52.6 Å². The second kappa shape index (κ2) is 14.1. The van der Waals surface area contributed by atoms with Crippen molar-refractivity contribution in [2.24, 2.45) is 0 Å². The maximum Gasteiger partial charge on any atom is 0.373 e. The van der Waals surface area contributed by atoms with E-state index in [0.29, 0.717) is 24.3 Å². The van der Waals surface area contributed by atoms with Crippen LogP contribution in [0.25, 0.3) is 0 Å². The Morgan fingerprint density at radius 3 is 2.16 bits per heavy atom. The van der Waals surface area contributed by atoms with Crippen molar-refractivity contribution in [1.82, 2.24) is 9.80 Å². The number of ketones is 1. The second-order valence-corrected chi connectivity index (χ2v) is 9.97. The maximum atomic E-state index is 13.0. The van der Waals surface area contributed by atoms with Crippen LogP contribution >= 0.6 is 23.4 Å². The fraction of sp³-hybridized carbons (Fsp3) is 0.385. The second-order valence-electron chi connectivity index (χ2n) is 8.55. The van der Waals surface area contributed by atoms with E-state index in [1.54, 1.807) is 24.3 Å². The molecule has 0 spiro atoms. The quantitative estimate of drug-likeness (QED) is 0.388. The van der Waals surface area contributed by atoms with Gasteiger partial charge in [0.1, 0.15) is 0 Å². The van der Waals surface area contributed by atoms with Crippen molar-refractivity contribution < 1.29 is 29.4 Å². The lowest BCUT2D eigenvalue weighted by atomic mass is 10.1. The van der Waals surface area contributed by atoms with Crippen LogP contribution < -0.4 is 4.90 Å². The van der Waals surface area contributed by atoms with Crippen LogP contribution in [0.1, 0.15) is 15.9 Å². The molecule has 2 aromatic carbocycles. The number of aliphatic hydroxyl groups excluding tert-OH is 1. The number of anilines is 1. The lowest BCUT2D eigenvalue weighted by Gasteiger charge is -2.35. The van der Waals surface area contributed by atoms with E-state index in [-0.39, 0.29) is 36.5 Å². The van der Waals surface area contributed by atoms with Gasteiger partial charge in [-0.2, -0.15) is 0 Å². The summed E-state index contributed by atoms with van der Waals surface area (Å²) in [6.45, 7) is 3.52. The summed E-state index contributed by atoms with van der Waals surface area (Å²) in [5, 5.41) is 18.7. The van der Waals surface area contributed by atoms with Crippen molar-refractivity contribution in [3.05, 3.63) is 64.7 Å². The minimum absolute atomic E-state index is 0.0392. The minimum Gasteiger partial charge on any atom is -0.475 e.